The van der Waals surface area contributed by atoms with Gasteiger partial charge < -0.3 is 0 Å². The average molecular weight is 631 g/mol. The Labute approximate surface area is 242 Å². The Morgan fingerprint density at radius 1 is 0.463 bits per heavy atom. The first-order valence-corrected chi connectivity index (χ1v) is 28.1. The second kappa shape index (κ2) is 3.42. The molecule has 0 aromatic heterocycles. The van der Waals surface area contributed by atoms with E-state index in [9.17, 15) is 0 Å². The molecule has 10 saturated heterocycles. The average Bonchev–Trinajstić information content (AvgIpc) is 3.80. The Bertz CT molecular complexity index is 1700. The molecule has 18 fully saturated rings. The molecule has 18 aliphatic rings. The molecule has 0 amide bonds. The van der Waals surface area contributed by atoms with Gasteiger partial charge in [-0.3, -0.25) is 0 Å². The van der Waals surface area contributed by atoms with Crippen molar-refractivity contribution < 1.29 is 6.51 Å². The Balaban J connectivity index is 1.01. The van der Waals surface area contributed by atoms with E-state index in [1.54, 1.807) is 64.2 Å². The third kappa shape index (κ3) is 0.641. The molecule has 5 atom stereocenters. The minimum absolute atomic E-state index is 0.103. The normalized spacial score (nSPS) is 86.9. The first kappa shape index (κ1) is 22.0. The first-order valence-electron chi connectivity index (χ1n) is 19.1. The fourth-order valence-electron chi connectivity index (χ4n) is 29.0. The van der Waals surface area contributed by atoms with E-state index < -0.39 is 6.51 Å². The summed E-state index contributed by atoms with van der Waals surface area (Å²) in [7, 11) is 0.366. The monoisotopic (exact) mass is 630 g/mol. The molecule has 8 bridgehead atoms. The molecular weight excluding hydrogens is 574 g/mol. The first-order chi connectivity index (χ1) is 19.3. The van der Waals surface area contributed by atoms with Crippen molar-refractivity contribution in [1.82, 2.24) is 0 Å². The van der Waals surface area contributed by atoms with E-state index >= 15 is 0 Å². The summed E-state index contributed by atoms with van der Waals surface area (Å²) >= 11 is 0. The standard InChI is InChI=1S/C33H51P2.C5H5.Fe/c1-32(2,3)35(33(4,5)6)29-9-7-8-28(29)34(30-24-12-20-10-21(14-24)15-25(30)13-20)31-26-16-22-11-23(18-26)19-27(31)17-22;1-2-4-5-3-1;/h7-9,20-27,30-31H,10-19H2,1-6H3;1-5H;. The van der Waals surface area contributed by atoms with E-state index in [0.717, 1.165) is 8.11 Å². The summed E-state index contributed by atoms with van der Waals surface area (Å²) in [5, 5.41) is 1.15. The summed E-state index contributed by atoms with van der Waals surface area (Å²) in [5.41, 5.74) is 2.60. The van der Waals surface area contributed by atoms with Crippen LogP contribution in [0.5, 0.6) is 0 Å². The second-order valence-electron chi connectivity index (χ2n) is 24.6. The molecule has 0 N–H and O–H groups in total. The topological polar surface area (TPSA) is 0 Å². The number of rotatable bonds is 4. The van der Waals surface area contributed by atoms with Crippen molar-refractivity contribution >= 4 is 15.8 Å². The Morgan fingerprint density at radius 2 is 0.805 bits per heavy atom. The summed E-state index contributed by atoms with van der Waals surface area (Å²) in [5.74, 6) is 9.61. The SMILES string of the molecule is CC(C)(C)P(C(C)(C)C)[C]12[CH]3[CH]4[CH]5[C]1(P(C1C6CC7CC(C6)CC1C7)C1C6CC7CC(C6)CC1C7)[Fe]45321678[CH]2[CH]1[CH]6[CH]7[CH]28. The Hall–Kier alpha value is 1.38. The maximum absolute atomic E-state index is 3.62. The van der Waals surface area contributed by atoms with Gasteiger partial charge in [0.15, 0.2) is 0 Å². The van der Waals surface area contributed by atoms with E-state index in [2.05, 4.69) is 41.5 Å². The van der Waals surface area contributed by atoms with Gasteiger partial charge >= 0.3 is 244 Å². The van der Waals surface area contributed by atoms with Crippen LogP contribution in [0, 0.1) is 47.3 Å². The van der Waals surface area contributed by atoms with Gasteiger partial charge in [0.05, 0.1) is 0 Å². The molecule has 1 spiro atoms. The molecule has 18 rings (SSSR count). The molecule has 41 heavy (non-hydrogen) atoms. The van der Waals surface area contributed by atoms with Crippen LogP contribution in [0.15, 0.2) is 0 Å². The third-order valence-corrected chi connectivity index (χ3v) is 85.2. The van der Waals surface area contributed by atoms with E-state index in [4.69, 9.17) is 0 Å². The maximum atomic E-state index is 2.82. The summed E-state index contributed by atoms with van der Waals surface area (Å²) in [6, 6.07) is 0. The molecule has 5 unspecified atom stereocenters. The van der Waals surface area contributed by atoms with Crippen LogP contribution in [0.2, 0.25) is 38.5 Å². The molecule has 10 heterocycles. The fraction of sp³-hybridized carbons (Fsp3) is 1.00. The number of fused-ring (bicyclic) bond motifs is 10. The van der Waals surface area contributed by atoms with E-state index in [1.807, 2.05) is 0 Å². The fourth-order valence-corrected chi connectivity index (χ4v) is 141. The number of hydrogen-bond acceptors (Lipinski definition) is 0. The van der Waals surface area contributed by atoms with Crippen molar-refractivity contribution in [3.63, 3.8) is 0 Å². The molecule has 3 heteroatoms. The van der Waals surface area contributed by atoms with Crippen LogP contribution in [-0.2, 0) is 6.51 Å². The van der Waals surface area contributed by atoms with Crippen molar-refractivity contribution in [3.05, 3.63) is 0 Å². The summed E-state index contributed by atoms with van der Waals surface area (Å²) in [6.07, 6.45) is 17.2. The summed E-state index contributed by atoms with van der Waals surface area (Å²) in [6.45, 7) is 13.3. The molecule has 8 saturated carbocycles. The predicted molar refractivity (Wildman–Crippen MR) is 170 cm³/mol. The van der Waals surface area contributed by atoms with Crippen molar-refractivity contribution in [2.45, 2.75) is 174 Å². The van der Waals surface area contributed by atoms with Gasteiger partial charge in [0.25, 0.3) is 0 Å². The predicted octanol–water partition coefficient (Wildman–Crippen LogP) is 11.4. The van der Waals surface area contributed by atoms with Crippen LogP contribution in [0.1, 0.15) is 106 Å². The van der Waals surface area contributed by atoms with Crippen LogP contribution in [0.4, 0.5) is 0 Å². The van der Waals surface area contributed by atoms with Crippen LogP contribution in [0.25, 0.3) is 0 Å². The van der Waals surface area contributed by atoms with Gasteiger partial charge in [0, 0.05) is 0 Å². The zero-order valence-corrected chi connectivity index (χ0v) is 29.6. The van der Waals surface area contributed by atoms with Crippen molar-refractivity contribution in [2.75, 3.05) is 0 Å². The molecule has 0 nitrogen and oxygen atoms in total. The van der Waals surface area contributed by atoms with Gasteiger partial charge in [0.1, 0.15) is 0 Å². The minimum atomic E-state index is -3.62. The van der Waals surface area contributed by atoms with Gasteiger partial charge in [-0.05, 0) is 0 Å². The van der Waals surface area contributed by atoms with E-state index in [0.29, 0.717) is 10.3 Å². The second-order valence-corrected chi connectivity index (χ2v) is 55.4. The molecule has 226 valence electrons. The number of hydrogen-bond donors (Lipinski definition) is 0. The zero-order valence-electron chi connectivity index (χ0n) is 26.7. The Kier molecular flexibility index (Phi) is 1.84. The molecular formula is C38H56FeP2. The van der Waals surface area contributed by atoms with E-state index in [-0.39, 0.29) is 15.8 Å². The van der Waals surface area contributed by atoms with Crippen LogP contribution >= 0.6 is 15.8 Å². The van der Waals surface area contributed by atoms with Gasteiger partial charge in [-0.25, -0.2) is 0 Å². The summed E-state index contributed by atoms with van der Waals surface area (Å²) < 4.78 is 2.24. The molecule has 0 aromatic rings. The van der Waals surface area contributed by atoms with Crippen LogP contribution in [-0.4, -0.2) is 29.7 Å². The van der Waals surface area contributed by atoms with E-state index in [1.165, 1.54) is 97.2 Å². The zero-order chi connectivity index (χ0) is 26.9. The molecule has 10 aliphatic heterocycles. The van der Waals surface area contributed by atoms with Crippen LogP contribution < -0.4 is 0 Å². The Morgan fingerprint density at radius 3 is 1.10 bits per heavy atom. The third-order valence-electron chi connectivity index (χ3n) is 25.7. The van der Waals surface area contributed by atoms with Crippen molar-refractivity contribution in [1.29, 1.82) is 0 Å². The quantitative estimate of drug-likeness (QED) is 0.214. The van der Waals surface area contributed by atoms with Gasteiger partial charge in [-0.15, -0.1) is 0 Å². The molecule has 0 aromatic carbocycles. The van der Waals surface area contributed by atoms with Gasteiger partial charge in [-0.1, -0.05) is 0 Å². The van der Waals surface area contributed by atoms with Crippen LogP contribution in [0.3, 0.4) is 0 Å². The van der Waals surface area contributed by atoms with Gasteiger partial charge in [-0.2, -0.15) is 0 Å². The van der Waals surface area contributed by atoms with Gasteiger partial charge in [0.2, 0.25) is 0 Å². The van der Waals surface area contributed by atoms with Crippen molar-refractivity contribution in [3.8, 4) is 0 Å². The van der Waals surface area contributed by atoms with Crippen molar-refractivity contribution in [2.24, 2.45) is 47.3 Å². The molecule has 0 radical (unpaired) electrons. The summed E-state index contributed by atoms with van der Waals surface area (Å²) in [4.78, 5) is 12.0. The molecule has 8 aliphatic carbocycles.